The van der Waals surface area contributed by atoms with E-state index in [1.165, 1.54) is 14.0 Å². The normalized spacial score (nSPS) is 34.4. The summed E-state index contributed by atoms with van der Waals surface area (Å²) in [6.45, 7) is 1.52. The van der Waals surface area contributed by atoms with Crippen LogP contribution in [0.2, 0.25) is 0 Å². The molecule has 1 aliphatic carbocycles. The summed E-state index contributed by atoms with van der Waals surface area (Å²) >= 11 is 0. The first-order chi connectivity index (χ1) is 12.3. The molecule has 2 saturated heterocycles. The number of primary amides is 1. The molecule has 4 atom stereocenters. The molecule has 3 unspecified atom stereocenters. The Balaban J connectivity index is 1.83. The highest BCUT2D eigenvalue weighted by molar-refractivity contribution is 6.23. The van der Waals surface area contributed by atoms with Gasteiger partial charge in [0.1, 0.15) is 12.6 Å². The van der Waals surface area contributed by atoms with Crippen molar-refractivity contribution in [1.29, 1.82) is 0 Å². The van der Waals surface area contributed by atoms with Crippen LogP contribution in [0, 0.1) is 5.92 Å². The Hall–Kier alpha value is -2.88. The smallest absolute Gasteiger partial charge is 0.404 e. The second-order valence-corrected chi connectivity index (χ2v) is 6.74. The largest absolute Gasteiger partial charge is 0.449 e. The number of piperazine rings is 1. The van der Waals surface area contributed by atoms with Crippen LogP contribution in [0.3, 0.4) is 0 Å². The number of methoxy groups -OCH3 is 1. The van der Waals surface area contributed by atoms with E-state index < -0.39 is 29.3 Å². The molecule has 3 aliphatic heterocycles. The molecular formula is C16H18N4O6. The Morgan fingerprint density at radius 1 is 1.38 bits per heavy atom. The van der Waals surface area contributed by atoms with Gasteiger partial charge in [-0.3, -0.25) is 14.4 Å². The predicted molar refractivity (Wildman–Crippen MR) is 84.9 cm³/mol. The molecule has 0 aromatic carbocycles. The molecule has 0 saturated carbocycles. The van der Waals surface area contributed by atoms with E-state index in [1.54, 1.807) is 9.80 Å². The molecule has 3 heterocycles. The number of rotatable bonds is 3. The average molecular weight is 362 g/mol. The van der Waals surface area contributed by atoms with E-state index in [1.807, 2.05) is 0 Å². The lowest BCUT2D eigenvalue weighted by Crippen LogP contribution is -2.56. The topological polar surface area (TPSA) is 145 Å². The summed E-state index contributed by atoms with van der Waals surface area (Å²) < 4.78 is 10.8. The van der Waals surface area contributed by atoms with Crippen molar-refractivity contribution in [3.05, 3.63) is 23.0 Å². The lowest BCUT2D eigenvalue weighted by atomic mass is 9.84. The monoisotopic (exact) mass is 362 g/mol. The molecule has 2 amide bonds. The van der Waals surface area contributed by atoms with Crippen LogP contribution >= 0.6 is 0 Å². The Labute approximate surface area is 148 Å². The van der Waals surface area contributed by atoms with Crippen molar-refractivity contribution in [2.75, 3.05) is 20.3 Å². The van der Waals surface area contributed by atoms with Crippen molar-refractivity contribution in [3.63, 3.8) is 0 Å². The van der Waals surface area contributed by atoms with Gasteiger partial charge in [0.05, 0.1) is 23.4 Å². The number of nitrogens with two attached hydrogens (primary N) is 2. The van der Waals surface area contributed by atoms with E-state index in [0.29, 0.717) is 6.54 Å². The standard InChI is InChI=1S/C16H18N4O6/c1-6(21)20-9-4-19-12-10(22)3-8(17)13(23)11(12)7(5-26-15(18)24)16(19,25-2)14(9)20/h3,7,9,14H,4-5,17H2,1-2H3,(H2,18,24)/t7?,9?,14?,16-,20?/m1/s1. The van der Waals surface area contributed by atoms with Crippen LogP contribution in [0.15, 0.2) is 23.0 Å². The molecule has 0 radical (unpaired) electrons. The fourth-order valence-corrected chi connectivity index (χ4v) is 4.74. The van der Waals surface area contributed by atoms with Crippen molar-refractivity contribution in [2.24, 2.45) is 17.4 Å². The third-order valence-electron chi connectivity index (χ3n) is 5.63. The van der Waals surface area contributed by atoms with Crippen LogP contribution in [-0.4, -0.2) is 71.4 Å². The molecule has 0 aromatic rings. The van der Waals surface area contributed by atoms with Crippen LogP contribution in [0.5, 0.6) is 0 Å². The summed E-state index contributed by atoms with van der Waals surface area (Å²) in [5, 5.41) is 0. The Morgan fingerprint density at radius 3 is 2.65 bits per heavy atom. The number of fused-ring (bicyclic) bond motifs is 4. The number of Topliss-reactive ketones (excluding diaryl/α,β-unsaturated/α-hetero) is 1. The fraction of sp³-hybridized carbons (Fsp3) is 0.500. The van der Waals surface area contributed by atoms with Gasteiger partial charge in [0.25, 0.3) is 0 Å². The van der Waals surface area contributed by atoms with Crippen molar-refractivity contribution in [1.82, 2.24) is 9.80 Å². The number of ketones is 2. The number of allylic oxidation sites excluding steroid dienone is 2. The number of nitrogens with zero attached hydrogens (tertiary/aromatic N) is 2. The molecule has 26 heavy (non-hydrogen) atoms. The van der Waals surface area contributed by atoms with Gasteiger partial charge in [0, 0.05) is 32.2 Å². The molecule has 4 rings (SSSR count). The van der Waals surface area contributed by atoms with Gasteiger partial charge in [-0.25, -0.2) is 4.79 Å². The number of hydrogen-bond donors (Lipinski definition) is 2. The number of amides is 2. The van der Waals surface area contributed by atoms with Crippen molar-refractivity contribution >= 4 is 23.6 Å². The zero-order valence-electron chi connectivity index (χ0n) is 14.2. The molecule has 4 aliphatic rings. The summed E-state index contributed by atoms with van der Waals surface area (Å²) in [7, 11) is 1.44. The molecule has 2 fully saturated rings. The Kier molecular flexibility index (Phi) is 3.23. The van der Waals surface area contributed by atoms with Gasteiger partial charge in [-0.2, -0.15) is 0 Å². The average Bonchev–Trinajstić information content (AvgIpc) is 3.08. The maximum atomic E-state index is 12.7. The number of carbonyl (C=O) groups excluding carboxylic acids is 4. The minimum atomic E-state index is -1.18. The van der Waals surface area contributed by atoms with Gasteiger partial charge in [0.2, 0.25) is 17.5 Å². The molecule has 138 valence electrons. The van der Waals surface area contributed by atoms with E-state index in [-0.39, 0.29) is 41.6 Å². The van der Waals surface area contributed by atoms with E-state index >= 15 is 0 Å². The quantitative estimate of drug-likeness (QED) is 0.443. The van der Waals surface area contributed by atoms with Gasteiger partial charge in [-0.05, 0) is 0 Å². The third-order valence-corrected chi connectivity index (χ3v) is 5.63. The molecule has 0 aromatic heterocycles. The number of hydrogen-bond acceptors (Lipinski definition) is 8. The highest BCUT2D eigenvalue weighted by Gasteiger charge is 2.76. The molecular weight excluding hydrogens is 344 g/mol. The number of carbonyl (C=O) groups is 4. The molecule has 10 nitrogen and oxygen atoms in total. The third kappa shape index (κ3) is 1.79. The zero-order valence-corrected chi connectivity index (χ0v) is 14.2. The minimum Gasteiger partial charge on any atom is -0.449 e. The van der Waals surface area contributed by atoms with Gasteiger partial charge in [-0.15, -0.1) is 0 Å². The van der Waals surface area contributed by atoms with E-state index in [2.05, 4.69) is 0 Å². The van der Waals surface area contributed by atoms with Crippen molar-refractivity contribution in [2.45, 2.75) is 24.7 Å². The Bertz CT molecular complexity index is 833. The van der Waals surface area contributed by atoms with Crippen molar-refractivity contribution in [3.8, 4) is 0 Å². The van der Waals surface area contributed by atoms with Gasteiger partial charge in [0.15, 0.2) is 5.72 Å². The fourth-order valence-electron chi connectivity index (χ4n) is 4.74. The van der Waals surface area contributed by atoms with Gasteiger partial charge < -0.3 is 30.7 Å². The van der Waals surface area contributed by atoms with E-state index in [9.17, 15) is 19.2 Å². The first kappa shape index (κ1) is 16.6. The lowest BCUT2D eigenvalue weighted by molar-refractivity contribution is -0.152. The molecule has 0 spiro atoms. The van der Waals surface area contributed by atoms with Gasteiger partial charge in [-0.1, -0.05) is 0 Å². The predicted octanol–water partition coefficient (Wildman–Crippen LogP) is -1.78. The van der Waals surface area contributed by atoms with Crippen molar-refractivity contribution < 1.29 is 28.7 Å². The summed E-state index contributed by atoms with van der Waals surface area (Å²) in [5.41, 5.74) is 9.76. The number of ether oxygens (including phenoxy) is 2. The second kappa shape index (κ2) is 5.07. The SMILES string of the molecule is CO[C@@]12C(COC(N)=O)C3=C(C(=O)C=C(N)C3=O)N1CC1C2N1C(C)=O. The highest BCUT2D eigenvalue weighted by Crippen LogP contribution is 2.59. The Morgan fingerprint density at radius 2 is 2.08 bits per heavy atom. The first-order valence-electron chi connectivity index (χ1n) is 8.10. The molecule has 4 N–H and O–H groups in total. The summed E-state index contributed by atoms with van der Waals surface area (Å²) in [5.74, 6) is -1.84. The van der Waals surface area contributed by atoms with Crippen LogP contribution < -0.4 is 11.5 Å². The van der Waals surface area contributed by atoms with Crippen LogP contribution in [0.25, 0.3) is 0 Å². The highest BCUT2D eigenvalue weighted by atomic mass is 16.6. The first-order valence-corrected chi connectivity index (χ1v) is 8.10. The molecule has 0 bridgehead atoms. The zero-order chi connectivity index (χ0) is 19.0. The summed E-state index contributed by atoms with van der Waals surface area (Å²) in [6.07, 6.45) is 0.0784. The van der Waals surface area contributed by atoms with Gasteiger partial charge >= 0.3 is 6.09 Å². The van der Waals surface area contributed by atoms with E-state index in [4.69, 9.17) is 20.9 Å². The second-order valence-electron chi connectivity index (χ2n) is 6.74. The van der Waals surface area contributed by atoms with E-state index in [0.717, 1.165) is 6.08 Å². The lowest BCUT2D eigenvalue weighted by Gasteiger charge is -2.40. The maximum Gasteiger partial charge on any atom is 0.404 e. The van der Waals surface area contributed by atoms with Crippen LogP contribution in [0.4, 0.5) is 4.79 Å². The summed E-state index contributed by atoms with van der Waals surface area (Å²) in [6, 6.07) is -0.498. The van der Waals surface area contributed by atoms with Crippen LogP contribution in [0.1, 0.15) is 6.92 Å². The van der Waals surface area contributed by atoms with Crippen LogP contribution in [-0.2, 0) is 23.9 Å². The summed E-state index contributed by atoms with van der Waals surface area (Å²) in [4.78, 5) is 51.7. The minimum absolute atomic E-state index is 0.134. The molecule has 10 heteroatoms. The maximum absolute atomic E-state index is 12.7.